The van der Waals surface area contributed by atoms with Gasteiger partial charge in [-0.15, -0.1) is 0 Å². The molecule has 0 fully saturated rings. The molecule has 0 spiro atoms. The van der Waals surface area contributed by atoms with Gasteiger partial charge in [0.05, 0.1) is 0 Å². The van der Waals surface area contributed by atoms with Crippen LogP contribution in [0.1, 0.15) is 47.1 Å². The van der Waals surface area contributed by atoms with Crippen molar-refractivity contribution in [3.05, 3.63) is 95.6 Å². The van der Waals surface area contributed by atoms with Gasteiger partial charge in [-0.25, -0.2) is 4.79 Å². The van der Waals surface area contributed by atoms with Crippen molar-refractivity contribution < 1.29 is 14.4 Å². The molecule has 6 nitrogen and oxygen atoms in total. The molecule has 3 N–H and O–H groups in total. The number of urea groups is 1. The smallest absolute Gasteiger partial charge is 0.322 e. The van der Waals surface area contributed by atoms with Crippen LogP contribution in [-0.2, 0) is 5.41 Å². The van der Waals surface area contributed by atoms with E-state index in [-0.39, 0.29) is 11.3 Å². The molecule has 3 aromatic carbocycles. The summed E-state index contributed by atoms with van der Waals surface area (Å²) in [5, 5.41) is 5.13. The standard InChI is InChI=1S/C25H25N3O3S/c1-25(2,3)19-11-9-18(10-12-19)23(30)27-24(31)28-32-21-15-13-20(14-16-21)26-22(29)17-7-5-4-6-8-17/h4-16H,1-3H3,(H,26,29)(H2,27,28,30,31). The summed E-state index contributed by atoms with van der Waals surface area (Å²) in [4.78, 5) is 37.3. The predicted molar refractivity (Wildman–Crippen MR) is 128 cm³/mol. The molecule has 3 aromatic rings. The summed E-state index contributed by atoms with van der Waals surface area (Å²) < 4.78 is 2.58. The summed E-state index contributed by atoms with van der Waals surface area (Å²) >= 11 is 1.07. The molecule has 0 heterocycles. The molecule has 0 aliphatic rings. The van der Waals surface area contributed by atoms with Crippen LogP contribution in [0.3, 0.4) is 0 Å². The Hall–Kier alpha value is -3.58. The van der Waals surface area contributed by atoms with Crippen LogP contribution in [0.5, 0.6) is 0 Å². The van der Waals surface area contributed by atoms with Gasteiger partial charge in [0, 0.05) is 21.7 Å². The van der Waals surface area contributed by atoms with Gasteiger partial charge in [-0.2, -0.15) is 0 Å². The molecule has 32 heavy (non-hydrogen) atoms. The van der Waals surface area contributed by atoms with E-state index < -0.39 is 11.9 Å². The summed E-state index contributed by atoms with van der Waals surface area (Å²) in [6.07, 6.45) is 0. The van der Waals surface area contributed by atoms with Crippen molar-refractivity contribution in [1.82, 2.24) is 10.0 Å². The number of anilines is 1. The number of nitrogens with one attached hydrogen (secondary N) is 3. The second kappa shape index (κ2) is 10.2. The molecule has 4 amide bonds. The van der Waals surface area contributed by atoms with Gasteiger partial charge in [0.15, 0.2) is 0 Å². The van der Waals surface area contributed by atoms with E-state index in [2.05, 4.69) is 36.1 Å². The molecule has 0 unspecified atom stereocenters. The number of carbonyl (C=O) groups is 3. The maximum Gasteiger partial charge on any atom is 0.331 e. The Morgan fingerprint density at radius 2 is 1.31 bits per heavy atom. The zero-order chi connectivity index (χ0) is 23.1. The van der Waals surface area contributed by atoms with E-state index in [1.165, 1.54) is 0 Å². The van der Waals surface area contributed by atoms with E-state index in [0.29, 0.717) is 16.8 Å². The molecular formula is C25H25N3O3S. The minimum absolute atomic E-state index is 0.0110. The van der Waals surface area contributed by atoms with Crippen molar-refractivity contribution in [2.24, 2.45) is 0 Å². The fourth-order valence-electron chi connectivity index (χ4n) is 2.83. The zero-order valence-electron chi connectivity index (χ0n) is 18.1. The highest BCUT2D eigenvalue weighted by Gasteiger charge is 2.15. The van der Waals surface area contributed by atoms with Gasteiger partial charge in [0.2, 0.25) is 0 Å². The average molecular weight is 448 g/mol. The fourth-order valence-corrected chi connectivity index (χ4v) is 3.36. The first-order valence-electron chi connectivity index (χ1n) is 10.1. The van der Waals surface area contributed by atoms with Crippen LogP contribution < -0.4 is 15.4 Å². The molecule has 0 aliphatic heterocycles. The number of rotatable bonds is 5. The second-order valence-corrected chi connectivity index (χ2v) is 9.04. The maximum atomic E-state index is 12.3. The van der Waals surface area contributed by atoms with Crippen LogP contribution in [0.15, 0.2) is 83.8 Å². The predicted octanol–water partition coefficient (Wildman–Crippen LogP) is 5.38. The Labute approximate surface area is 191 Å². The summed E-state index contributed by atoms with van der Waals surface area (Å²) in [7, 11) is 0. The Bertz CT molecular complexity index is 1090. The topological polar surface area (TPSA) is 87.3 Å². The summed E-state index contributed by atoms with van der Waals surface area (Å²) in [5.41, 5.74) is 2.72. The first-order valence-corrected chi connectivity index (χ1v) is 10.9. The molecule has 0 aromatic heterocycles. The van der Waals surface area contributed by atoms with Crippen molar-refractivity contribution in [3.8, 4) is 0 Å². The van der Waals surface area contributed by atoms with Crippen molar-refractivity contribution in [2.75, 3.05) is 5.32 Å². The first-order chi connectivity index (χ1) is 15.2. The number of benzene rings is 3. The van der Waals surface area contributed by atoms with Gasteiger partial charge >= 0.3 is 6.03 Å². The van der Waals surface area contributed by atoms with E-state index in [1.807, 2.05) is 18.2 Å². The Balaban J connectivity index is 1.48. The van der Waals surface area contributed by atoms with Crippen molar-refractivity contribution in [2.45, 2.75) is 31.1 Å². The van der Waals surface area contributed by atoms with Crippen LogP contribution in [-0.4, -0.2) is 17.8 Å². The number of hydrogen-bond acceptors (Lipinski definition) is 4. The molecule has 3 rings (SSSR count). The lowest BCUT2D eigenvalue weighted by molar-refractivity contribution is 0.0964. The van der Waals surface area contributed by atoms with Crippen molar-refractivity contribution in [3.63, 3.8) is 0 Å². The first kappa shape index (κ1) is 23.1. The minimum atomic E-state index is -0.610. The third kappa shape index (κ3) is 6.46. The lowest BCUT2D eigenvalue weighted by Crippen LogP contribution is -2.36. The summed E-state index contributed by atoms with van der Waals surface area (Å²) in [6.45, 7) is 6.28. The molecule has 0 saturated carbocycles. The van der Waals surface area contributed by atoms with Crippen molar-refractivity contribution in [1.29, 1.82) is 0 Å². The third-order valence-corrected chi connectivity index (χ3v) is 5.45. The van der Waals surface area contributed by atoms with Crippen LogP contribution >= 0.6 is 11.9 Å². The average Bonchev–Trinajstić information content (AvgIpc) is 2.78. The molecule has 0 radical (unpaired) electrons. The number of imide groups is 1. The van der Waals surface area contributed by atoms with E-state index in [1.54, 1.807) is 60.7 Å². The van der Waals surface area contributed by atoms with Crippen LogP contribution in [0.25, 0.3) is 0 Å². The van der Waals surface area contributed by atoms with Crippen LogP contribution in [0.2, 0.25) is 0 Å². The number of hydrogen-bond donors (Lipinski definition) is 3. The highest BCUT2D eigenvalue weighted by atomic mass is 32.2. The van der Waals surface area contributed by atoms with Crippen molar-refractivity contribution >= 4 is 35.5 Å². The van der Waals surface area contributed by atoms with Crippen LogP contribution in [0, 0.1) is 0 Å². The second-order valence-electron chi connectivity index (χ2n) is 8.16. The quantitative estimate of drug-likeness (QED) is 0.458. The van der Waals surface area contributed by atoms with Gasteiger partial charge in [-0.1, -0.05) is 51.1 Å². The zero-order valence-corrected chi connectivity index (χ0v) is 19.0. The summed E-state index contributed by atoms with van der Waals surface area (Å²) in [5.74, 6) is -0.667. The lowest BCUT2D eigenvalue weighted by Gasteiger charge is -2.19. The van der Waals surface area contributed by atoms with E-state index in [4.69, 9.17) is 0 Å². The molecule has 7 heteroatoms. The molecule has 0 aliphatic carbocycles. The van der Waals surface area contributed by atoms with Gasteiger partial charge in [-0.05, 0) is 71.5 Å². The maximum absolute atomic E-state index is 12.3. The highest BCUT2D eigenvalue weighted by molar-refractivity contribution is 7.98. The monoisotopic (exact) mass is 447 g/mol. The normalized spacial score (nSPS) is 10.8. The number of amides is 4. The van der Waals surface area contributed by atoms with Crippen LogP contribution in [0.4, 0.5) is 10.5 Å². The molecular weight excluding hydrogens is 422 g/mol. The molecule has 0 bridgehead atoms. The third-order valence-electron chi connectivity index (χ3n) is 4.65. The Morgan fingerprint density at radius 3 is 1.91 bits per heavy atom. The van der Waals surface area contributed by atoms with E-state index >= 15 is 0 Å². The largest absolute Gasteiger partial charge is 0.331 e. The minimum Gasteiger partial charge on any atom is -0.322 e. The molecule has 0 atom stereocenters. The lowest BCUT2D eigenvalue weighted by atomic mass is 9.87. The van der Waals surface area contributed by atoms with Gasteiger partial charge in [-0.3, -0.25) is 19.6 Å². The van der Waals surface area contributed by atoms with E-state index in [0.717, 1.165) is 22.4 Å². The summed E-state index contributed by atoms with van der Waals surface area (Å²) in [6, 6.07) is 22.5. The Morgan fingerprint density at radius 1 is 0.719 bits per heavy atom. The Kier molecular flexibility index (Phi) is 7.33. The van der Waals surface area contributed by atoms with Gasteiger partial charge < -0.3 is 5.32 Å². The molecule has 0 saturated heterocycles. The van der Waals surface area contributed by atoms with E-state index in [9.17, 15) is 14.4 Å². The number of carbonyl (C=O) groups excluding carboxylic acids is 3. The van der Waals surface area contributed by atoms with Gasteiger partial charge in [0.25, 0.3) is 11.8 Å². The SMILES string of the molecule is CC(C)(C)c1ccc(C(=O)NC(=O)NSc2ccc(NC(=O)c3ccccc3)cc2)cc1. The van der Waals surface area contributed by atoms with Gasteiger partial charge in [0.1, 0.15) is 0 Å². The molecule has 164 valence electrons. The highest BCUT2D eigenvalue weighted by Crippen LogP contribution is 2.22. The fraction of sp³-hybridized carbons (Fsp3) is 0.160.